The van der Waals surface area contributed by atoms with Crippen LogP contribution in [-0.2, 0) is 4.74 Å². The van der Waals surface area contributed by atoms with Gasteiger partial charge in [-0.15, -0.1) is 0 Å². The van der Waals surface area contributed by atoms with E-state index in [2.05, 4.69) is 24.5 Å². The minimum atomic E-state index is -0.342. The Morgan fingerprint density at radius 1 is 1.33 bits per heavy atom. The molecular formula is C10H23N3O2. The fraction of sp³-hybridized carbons (Fsp3) is 0.900. The summed E-state index contributed by atoms with van der Waals surface area (Å²) in [6.07, 6.45) is 0.559. The van der Waals surface area contributed by atoms with Crippen LogP contribution in [0.5, 0.6) is 0 Å². The molecule has 4 N–H and O–H groups in total. The van der Waals surface area contributed by atoms with Gasteiger partial charge in [-0.3, -0.25) is 0 Å². The molecule has 5 heteroatoms. The molecule has 0 atom stereocenters. The van der Waals surface area contributed by atoms with E-state index in [1.54, 1.807) is 0 Å². The topological polar surface area (TPSA) is 76.4 Å². The van der Waals surface area contributed by atoms with E-state index in [4.69, 9.17) is 10.5 Å². The summed E-state index contributed by atoms with van der Waals surface area (Å²) < 4.78 is 4.96. The van der Waals surface area contributed by atoms with Gasteiger partial charge in [-0.1, -0.05) is 13.8 Å². The highest BCUT2D eigenvalue weighted by atomic mass is 16.5. The molecule has 0 aliphatic carbocycles. The molecule has 0 saturated carbocycles. The highest BCUT2D eigenvalue weighted by molar-refractivity contribution is 5.66. The molecule has 0 aromatic rings. The third-order valence-electron chi connectivity index (χ3n) is 1.82. The molecule has 0 heterocycles. The Hall–Kier alpha value is -0.810. The third kappa shape index (κ3) is 11.1. The Labute approximate surface area is 91.7 Å². The summed E-state index contributed by atoms with van der Waals surface area (Å²) in [6, 6.07) is 0. The Kier molecular flexibility index (Phi) is 9.21. The molecular weight excluding hydrogens is 194 g/mol. The molecule has 1 amide bonds. The van der Waals surface area contributed by atoms with Crippen molar-refractivity contribution in [3.8, 4) is 0 Å². The maximum Gasteiger partial charge on any atom is 0.407 e. The molecule has 0 aliphatic heterocycles. The van der Waals surface area contributed by atoms with Crippen LogP contribution in [0.2, 0.25) is 0 Å². The molecule has 0 rings (SSSR count). The van der Waals surface area contributed by atoms with Crippen LogP contribution in [0.4, 0.5) is 4.79 Å². The van der Waals surface area contributed by atoms with Crippen molar-refractivity contribution in [2.75, 3.05) is 32.8 Å². The molecule has 5 nitrogen and oxygen atoms in total. The number of nitrogens with one attached hydrogen (secondary N) is 2. The summed E-state index contributed by atoms with van der Waals surface area (Å²) in [5.41, 5.74) is 5.29. The van der Waals surface area contributed by atoms with Crippen LogP contribution in [0.3, 0.4) is 0 Å². The van der Waals surface area contributed by atoms with Crippen molar-refractivity contribution in [2.24, 2.45) is 11.7 Å². The van der Waals surface area contributed by atoms with Crippen molar-refractivity contribution >= 4 is 6.09 Å². The Morgan fingerprint density at radius 3 is 2.67 bits per heavy atom. The van der Waals surface area contributed by atoms with Gasteiger partial charge < -0.3 is 21.1 Å². The van der Waals surface area contributed by atoms with Crippen LogP contribution in [-0.4, -0.2) is 38.9 Å². The van der Waals surface area contributed by atoms with Gasteiger partial charge in [-0.05, 0) is 12.3 Å². The van der Waals surface area contributed by atoms with Gasteiger partial charge in [0.2, 0.25) is 0 Å². The lowest BCUT2D eigenvalue weighted by Gasteiger charge is -2.08. The lowest BCUT2D eigenvalue weighted by molar-refractivity contribution is 0.140. The zero-order valence-electron chi connectivity index (χ0n) is 9.71. The van der Waals surface area contributed by atoms with Gasteiger partial charge >= 0.3 is 6.09 Å². The Bertz CT molecular complexity index is 163. The van der Waals surface area contributed by atoms with Crippen LogP contribution < -0.4 is 16.4 Å². The molecule has 0 radical (unpaired) electrons. The Balaban J connectivity index is 3.19. The number of ether oxygens (including phenoxy) is 1. The van der Waals surface area contributed by atoms with Crippen LogP contribution in [0.25, 0.3) is 0 Å². The first-order valence-corrected chi connectivity index (χ1v) is 5.48. The highest BCUT2D eigenvalue weighted by Gasteiger charge is 2.01. The zero-order chi connectivity index (χ0) is 11.5. The van der Waals surface area contributed by atoms with Gasteiger partial charge in [0.25, 0.3) is 0 Å². The van der Waals surface area contributed by atoms with E-state index in [9.17, 15) is 4.79 Å². The predicted molar refractivity (Wildman–Crippen MR) is 60.7 cm³/mol. The van der Waals surface area contributed by atoms with E-state index in [0.717, 1.165) is 19.5 Å². The number of nitrogens with two attached hydrogens (primary N) is 1. The molecule has 0 aromatic heterocycles. The first-order chi connectivity index (χ1) is 7.16. The number of hydrogen-bond acceptors (Lipinski definition) is 4. The van der Waals surface area contributed by atoms with Gasteiger partial charge in [0.05, 0.1) is 6.61 Å². The van der Waals surface area contributed by atoms with Crippen molar-refractivity contribution in [3.05, 3.63) is 0 Å². The van der Waals surface area contributed by atoms with Gasteiger partial charge in [0, 0.05) is 26.2 Å². The van der Waals surface area contributed by atoms with Crippen LogP contribution in [0.15, 0.2) is 0 Å². The number of hydrogen-bond donors (Lipinski definition) is 3. The molecule has 0 saturated heterocycles. The smallest absolute Gasteiger partial charge is 0.407 e. The second-order valence-corrected chi connectivity index (χ2v) is 3.78. The molecule has 0 aromatic carbocycles. The summed E-state index contributed by atoms with van der Waals surface area (Å²) in [5.74, 6) is 0.559. The molecule has 0 bridgehead atoms. The van der Waals surface area contributed by atoms with E-state index in [1.807, 2.05) is 0 Å². The fourth-order valence-electron chi connectivity index (χ4n) is 0.918. The van der Waals surface area contributed by atoms with Crippen molar-refractivity contribution in [1.82, 2.24) is 10.6 Å². The first-order valence-electron chi connectivity index (χ1n) is 5.48. The summed E-state index contributed by atoms with van der Waals surface area (Å²) >= 11 is 0. The van der Waals surface area contributed by atoms with Gasteiger partial charge in [-0.25, -0.2) is 4.79 Å². The lowest BCUT2D eigenvalue weighted by Crippen LogP contribution is -2.34. The first kappa shape index (κ1) is 14.2. The quantitative estimate of drug-likeness (QED) is 0.511. The molecule has 90 valence electrons. The Morgan fingerprint density at radius 2 is 2.07 bits per heavy atom. The number of carbonyl (C=O) groups is 1. The summed E-state index contributed by atoms with van der Waals surface area (Å²) in [5, 5.41) is 5.72. The van der Waals surface area contributed by atoms with Gasteiger partial charge in [0.1, 0.15) is 0 Å². The number of alkyl carbamates (subject to hydrolysis) is 1. The van der Waals surface area contributed by atoms with Crippen LogP contribution in [0.1, 0.15) is 20.3 Å². The van der Waals surface area contributed by atoms with Gasteiger partial charge in [-0.2, -0.15) is 0 Å². The standard InChI is InChI=1S/C10H23N3O2/c1-9(2)3-8-15-10(14)13-7-6-12-5-4-11/h9,12H,3-8,11H2,1-2H3,(H,13,14). The van der Waals surface area contributed by atoms with E-state index in [-0.39, 0.29) is 6.09 Å². The molecule has 15 heavy (non-hydrogen) atoms. The van der Waals surface area contributed by atoms with E-state index >= 15 is 0 Å². The van der Waals surface area contributed by atoms with E-state index < -0.39 is 0 Å². The van der Waals surface area contributed by atoms with Crippen molar-refractivity contribution in [3.63, 3.8) is 0 Å². The minimum absolute atomic E-state index is 0.342. The summed E-state index contributed by atoms with van der Waals surface area (Å²) in [4.78, 5) is 11.1. The maximum atomic E-state index is 11.1. The SMILES string of the molecule is CC(C)CCOC(=O)NCCNCCN. The fourth-order valence-corrected chi connectivity index (χ4v) is 0.918. The second-order valence-electron chi connectivity index (χ2n) is 3.78. The third-order valence-corrected chi connectivity index (χ3v) is 1.82. The molecule has 0 spiro atoms. The molecule has 0 fully saturated rings. The second kappa shape index (κ2) is 9.73. The summed E-state index contributed by atoms with van der Waals surface area (Å²) in [6.45, 7) is 7.34. The summed E-state index contributed by atoms with van der Waals surface area (Å²) in [7, 11) is 0. The normalized spacial score (nSPS) is 10.4. The van der Waals surface area contributed by atoms with Crippen LogP contribution in [0, 0.1) is 5.92 Å². The minimum Gasteiger partial charge on any atom is -0.450 e. The van der Waals surface area contributed by atoms with Gasteiger partial charge in [0.15, 0.2) is 0 Å². The average molecular weight is 217 g/mol. The maximum absolute atomic E-state index is 11.1. The number of rotatable bonds is 8. The van der Waals surface area contributed by atoms with Crippen molar-refractivity contribution in [1.29, 1.82) is 0 Å². The largest absolute Gasteiger partial charge is 0.450 e. The monoisotopic (exact) mass is 217 g/mol. The van der Waals surface area contributed by atoms with E-state index in [0.29, 0.717) is 25.6 Å². The van der Waals surface area contributed by atoms with Crippen LogP contribution >= 0.6 is 0 Å². The predicted octanol–water partition coefficient (Wildman–Crippen LogP) is 0.307. The average Bonchev–Trinajstić information content (AvgIpc) is 2.17. The van der Waals surface area contributed by atoms with Crippen molar-refractivity contribution in [2.45, 2.75) is 20.3 Å². The number of amides is 1. The molecule has 0 unspecified atom stereocenters. The van der Waals surface area contributed by atoms with E-state index in [1.165, 1.54) is 0 Å². The molecule has 0 aliphatic rings. The zero-order valence-corrected chi connectivity index (χ0v) is 9.71. The lowest BCUT2D eigenvalue weighted by atomic mass is 10.1. The van der Waals surface area contributed by atoms with Crippen molar-refractivity contribution < 1.29 is 9.53 Å². The number of carbonyl (C=O) groups excluding carboxylic acids is 1. The highest BCUT2D eigenvalue weighted by Crippen LogP contribution is 1.98.